The van der Waals surface area contributed by atoms with E-state index in [2.05, 4.69) is 15.9 Å². The highest BCUT2D eigenvalue weighted by Crippen LogP contribution is 2.32. The third kappa shape index (κ3) is 7.68. The van der Waals surface area contributed by atoms with E-state index >= 15 is 0 Å². The molecule has 0 aromatic heterocycles. The Balaban J connectivity index is 1.09. The van der Waals surface area contributed by atoms with E-state index in [1.165, 1.54) is 11.6 Å². The zero-order chi connectivity index (χ0) is 30.3. The van der Waals surface area contributed by atoms with Crippen molar-refractivity contribution in [2.24, 2.45) is 11.7 Å². The van der Waals surface area contributed by atoms with Gasteiger partial charge in [0, 0.05) is 61.1 Å². The van der Waals surface area contributed by atoms with Crippen molar-refractivity contribution in [3.05, 3.63) is 82.6 Å². The molecule has 4 N–H and O–H groups in total. The number of likely N-dealkylation sites (tertiary alicyclic amines) is 1. The van der Waals surface area contributed by atoms with Crippen molar-refractivity contribution in [3.63, 3.8) is 0 Å². The van der Waals surface area contributed by atoms with Crippen LogP contribution in [0, 0.1) is 11.7 Å². The standard InChI is InChI=1S/C34H43ClFN5O2/c1-2-43-32-9-5-7-30(36)29(32)23-40-18-20-41(21-19-40)34(42)33(38)24-12-15-39(16-13-24)17-14-25-22-26(35)10-11-27(25)28-6-3-4-8-31(28)37/h3-11,22,24,33H,2,12-21,23,37-38H2,1H3. The molecule has 2 saturated heterocycles. The zero-order valence-corrected chi connectivity index (χ0v) is 25.7. The van der Waals surface area contributed by atoms with Gasteiger partial charge in [0.15, 0.2) is 0 Å². The van der Waals surface area contributed by atoms with Gasteiger partial charge in [-0.05, 0) is 86.7 Å². The first-order valence-corrected chi connectivity index (χ1v) is 15.7. The molecule has 3 aromatic carbocycles. The van der Waals surface area contributed by atoms with Gasteiger partial charge in [0.25, 0.3) is 0 Å². The Hall–Kier alpha value is -3.17. The van der Waals surface area contributed by atoms with Crippen molar-refractivity contribution in [2.45, 2.75) is 38.8 Å². The van der Waals surface area contributed by atoms with E-state index in [0.29, 0.717) is 50.6 Å². The van der Waals surface area contributed by atoms with Gasteiger partial charge in [-0.1, -0.05) is 41.9 Å². The van der Waals surface area contributed by atoms with E-state index in [-0.39, 0.29) is 17.6 Å². The molecule has 1 atom stereocenters. The number of carbonyl (C=O) groups is 1. The summed E-state index contributed by atoms with van der Waals surface area (Å²) in [5.41, 5.74) is 17.5. The molecular formula is C34H43ClFN5O2. The number of carbonyl (C=O) groups excluding carboxylic acids is 1. The van der Waals surface area contributed by atoms with Gasteiger partial charge in [0.2, 0.25) is 5.91 Å². The van der Waals surface area contributed by atoms with E-state index in [9.17, 15) is 9.18 Å². The second kappa shape index (κ2) is 14.5. The maximum Gasteiger partial charge on any atom is 0.239 e. The minimum atomic E-state index is -0.495. The number of ether oxygens (including phenoxy) is 1. The average molecular weight is 608 g/mol. The normalized spacial score (nSPS) is 17.6. The fourth-order valence-corrected chi connectivity index (χ4v) is 6.53. The number of hydrogen-bond donors (Lipinski definition) is 2. The largest absolute Gasteiger partial charge is 0.493 e. The number of benzene rings is 3. The Morgan fingerprint density at radius 3 is 2.44 bits per heavy atom. The number of halogens is 2. The van der Waals surface area contributed by atoms with Crippen LogP contribution in [0.25, 0.3) is 11.1 Å². The third-order valence-corrected chi connectivity index (χ3v) is 9.12. The topological polar surface area (TPSA) is 88.1 Å². The molecule has 3 aromatic rings. The number of piperidine rings is 1. The summed E-state index contributed by atoms with van der Waals surface area (Å²) >= 11 is 6.36. The first-order valence-electron chi connectivity index (χ1n) is 15.4. The summed E-state index contributed by atoms with van der Waals surface area (Å²) in [4.78, 5) is 19.9. The highest BCUT2D eigenvalue weighted by Gasteiger charge is 2.33. The van der Waals surface area contributed by atoms with Gasteiger partial charge in [0.1, 0.15) is 11.6 Å². The van der Waals surface area contributed by atoms with E-state index < -0.39 is 6.04 Å². The Morgan fingerprint density at radius 1 is 0.977 bits per heavy atom. The summed E-state index contributed by atoms with van der Waals surface area (Å²) in [5, 5.41) is 0.722. The summed E-state index contributed by atoms with van der Waals surface area (Å²) < 4.78 is 20.2. The molecule has 1 amide bonds. The lowest BCUT2D eigenvalue weighted by molar-refractivity contribution is -0.136. The average Bonchev–Trinajstić information content (AvgIpc) is 3.02. The molecule has 0 saturated carbocycles. The molecule has 230 valence electrons. The molecule has 0 radical (unpaired) electrons. The molecule has 2 aliphatic rings. The van der Waals surface area contributed by atoms with Gasteiger partial charge in [-0.3, -0.25) is 9.69 Å². The van der Waals surface area contributed by atoms with Crippen molar-refractivity contribution in [3.8, 4) is 16.9 Å². The minimum absolute atomic E-state index is 0.0306. The van der Waals surface area contributed by atoms with Crippen LogP contribution in [-0.2, 0) is 17.8 Å². The van der Waals surface area contributed by atoms with E-state index in [1.807, 2.05) is 54.3 Å². The van der Waals surface area contributed by atoms with Crippen LogP contribution in [0.1, 0.15) is 30.9 Å². The van der Waals surface area contributed by atoms with Crippen LogP contribution in [0.15, 0.2) is 60.7 Å². The van der Waals surface area contributed by atoms with Crippen LogP contribution in [-0.4, -0.2) is 79.1 Å². The van der Waals surface area contributed by atoms with Crippen LogP contribution in [0.2, 0.25) is 5.02 Å². The second-order valence-corrected chi connectivity index (χ2v) is 12.0. The lowest BCUT2D eigenvalue weighted by atomic mass is 9.88. The summed E-state index contributed by atoms with van der Waals surface area (Å²) in [6, 6.07) is 18.4. The molecular weight excluding hydrogens is 565 g/mol. The van der Waals surface area contributed by atoms with Gasteiger partial charge in [-0.15, -0.1) is 0 Å². The maximum atomic E-state index is 14.5. The van der Waals surface area contributed by atoms with Crippen molar-refractivity contribution in [1.29, 1.82) is 0 Å². The van der Waals surface area contributed by atoms with E-state index in [0.717, 1.165) is 60.7 Å². The van der Waals surface area contributed by atoms with Crippen LogP contribution in [0.3, 0.4) is 0 Å². The first kappa shape index (κ1) is 31.3. The summed E-state index contributed by atoms with van der Waals surface area (Å²) in [6.45, 7) is 8.12. The number of amides is 1. The summed E-state index contributed by atoms with van der Waals surface area (Å²) in [5.74, 6) is 0.526. The molecule has 1 unspecified atom stereocenters. The molecule has 7 nitrogen and oxygen atoms in total. The minimum Gasteiger partial charge on any atom is -0.493 e. The smallest absolute Gasteiger partial charge is 0.239 e. The quantitative estimate of drug-likeness (QED) is 0.314. The third-order valence-electron chi connectivity index (χ3n) is 8.88. The van der Waals surface area contributed by atoms with Gasteiger partial charge in [0.05, 0.1) is 12.6 Å². The number of hydrogen-bond acceptors (Lipinski definition) is 6. The summed E-state index contributed by atoms with van der Waals surface area (Å²) in [7, 11) is 0. The van der Waals surface area contributed by atoms with Crippen LogP contribution >= 0.6 is 11.6 Å². The SMILES string of the molecule is CCOc1cccc(F)c1CN1CCN(C(=O)C(N)C2CCN(CCc3cc(Cl)ccc3-c3ccccc3N)CC2)CC1. The predicted octanol–water partition coefficient (Wildman–Crippen LogP) is 5.05. The highest BCUT2D eigenvalue weighted by molar-refractivity contribution is 6.30. The first-order chi connectivity index (χ1) is 20.8. The number of nitrogens with zero attached hydrogens (tertiary/aromatic N) is 3. The number of anilines is 1. The molecule has 43 heavy (non-hydrogen) atoms. The second-order valence-electron chi connectivity index (χ2n) is 11.6. The molecule has 2 fully saturated rings. The maximum absolute atomic E-state index is 14.5. The molecule has 2 aliphatic heterocycles. The van der Waals surface area contributed by atoms with Crippen molar-refractivity contribution >= 4 is 23.2 Å². The van der Waals surface area contributed by atoms with Gasteiger partial charge in [-0.25, -0.2) is 4.39 Å². The van der Waals surface area contributed by atoms with Crippen molar-refractivity contribution in [2.75, 3.05) is 58.2 Å². The molecule has 0 spiro atoms. The monoisotopic (exact) mass is 607 g/mol. The van der Waals surface area contributed by atoms with Gasteiger partial charge < -0.3 is 26.0 Å². The fourth-order valence-electron chi connectivity index (χ4n) is 6.33. The Bertz CT molecular complexity index is 1390. The highest BCUT2D eigenvalue weighted by atomic mass is 35.5. The zero-order valence-electron chi connectivity index (χ0n) is 25.0. The number of piperazine rings is 1. The van der Waals surface area contributed by atoms with E-state index in [4.69, 9.17) is 27.8 Å². The van der Waals surface area contributed by atoms with Crippen molar-refractivity contribution in [1.82, 2.24) is 14.7 Å². The molecule has 9 heteroatoms. The predicted molar refractivity (Wildman–Crippen MR) is 172 cm³/mol. The van der Waals surface area contributed by atoms with Crippen LogP contribution < -0.4 is 16.2 Å². The summed E-state index contributed by atoms with van der Waals surface area (Å²) in [6.07, 6.45) is 2.66. The lowest BCUT2D eigenvalue weighted by Crippen LogP contribution is -2.55. The number of nitrogen functional groups attached to an aromatic ring is 1. The number of rotatable bonds is 10. The van der Waals surface area contributed by atoms with Crippen LogP contribution in [0.5, 0.6) is 5.75 Å². The lowest BCUT2D eigenvalue weighted by Gasteiger charge is -2.39. The van der Waals surface area contributed by atoms with E-state index in [1.54, 1.807) is 6.07 Å². The fraction of sp³-hybridized carbons (Fsp3) is 0.441. The number of para-hydroxylation sites is 1. The number of nitrogens with two attached hydrogens (primary N) is 2. The van der Waals surface area contributed by atoms with Gasteiger partial charge in [-0.2, -0.15) is 0 Å². The molecule has 5 rings (SSSR count). The molecule has 0 aliphatic carbocycles. The van der Waals surface area contributed by atoms with Crippen LogP contribution in [0.4, 0.5) is 10.1 Å². The molecule has 2 heterocycles. The van der Waals surface area contributed by atoms with Crippen molar-refractivity contribution < 1.29 is 13.9 Å². The Labute approximate surface area is 259 Å². The Morgan fingerprint density at radius 2 is 1.72 bits per heavy atom. The molecule has 0 bridgehead atoms. The van der Waals surface area contributed by atoms with Gasteiger partial charge >= 0.3 is 0 Å². The Kier molecular flexibility index (Phi) is 10.6.